The smallest absolute Gasteiger partial charge is 0.194 e. The predicted octanol–water partition coefficient (Wildman–Crippen LogP) is 3.38. The minimum Gasteiger partial charge on any atom is -0.357 e. The van der Waals surface area contributed by atoms with Crippen LogP contribution in [0.15, 0.2) is 29.3 Å². The highest BCUT2D eigenvalue weighted by Crippen LogP contribution is 2.11. The van der Waals surface area contributed by atoms with Crippen molar-refractivity contribution in [2.45, 2.75) is 33.4 Å². The second-order valence-electron chi connectivity index (χ2n) is 7.00. The monoisotopic (exact) mass is 507 g/mol. The number of guanidine groups is 1. The fraction of sp³-hybridized carbons (Fsp3) is 0.650. The second-order valence-corrected chi connectivity index (χ2v) is 7.43. The Labute approximate surface area is 187 Å². The van der Waals surface area contributed by atoms with Gasteiger partial charge in [0.15, 0.2) is 5.96 Å². The Morgan fingerprint density at radius 3 is 2.37 bits per heavy atom. The van der Waals surface area contributed by atoms with Crippen LogP contribution in [0.2, 0.25) is 5.02 Å². The lowest BCUT2D eigenvalue weighted by Gasteiger charge is -2.37. The third-order valence-corrected chi connectivity index (χ3v) is 5.26. The first kappa shape index (κ1) is 24.5. The Morgan fingerprint density at radius 2 is 1.81 bits per heavy atom. The Bertz CT molecular complexity index is 558. The van der Waals surface area contributed by atoms with Gasteiger partial charge in [0, 0.05) is 57.4 Å². The number of nitrogens with one attached hydrogen (secondary N) is 1. The molecule has 7 heteroatoms. The molecule has 1 saturated heterocycles. The highest BCUT2D eigenvalue weighted by atomic mass is 127. The minimum absolute atomic E-state index is 0. The van der Waals surface area contributed by atoms with E-state index in [0.29, 0.717) is 6.04 Å². The molecule has 1 N–H and O–H groups in total. The molecule has 0 radical (unpaired) electrons. The van der Waals surface area contributed by atoms with Crippen molar-refractivity contribution in [1.82, 2.24) is 20.0 Å². The van der Waals surface area contributed by atoms with Crippen molar-refractivity contribution in [1.29, 1.82) is 0 Å². The van der Waals surface area contributed by atoms with E-state index in [1.165, 1.54) is 18.7 Å². The Morgan fingerprint density at radius 1 is 1.19 bits per heavy atom. The van der Waals surface area contributed by atoms with E-state index in [2.05, 4.69) is 60.0 Å². The Kier molecular flexibility index (Phi) is 11.6. The average Bonchev–Trinajstić information content (AvgIpc) is 2.66. The lowest BCUT2D eigenvalue weighted by Crippen LogP contribution is -2.50. The van der Waals surface area contributed by atoms with Gasteiger partial charge in [0.25, 0.3) is 0 Å². The summed E-state index contributed by atoms with van der Waals surface area (Å²) < 4.78 is 0. The van der Waals surface area contributed by atoms with Gasteiger partial charge in [-0.3, -0.25) is 9.89 Å². The van der Waals surface area contributed by atoms with Gasteiger partial charge in [0.1, 0.15) is 0 Å². The van der Waals surface area contributed by atoms with Crippen LogP contribution in [-0.2, 0) is 6.54 Å². The van der Waals surface area contributed by atoms with Gasteiger partial charge in [-0.2, -0.15) is 0 Å². The number of hydrogen-bond acceptors (Lipinski definition) is 3. The van der Waals surface area contributed by atoms with Gasteiger partial charge in [0.2, 0.25) is 0 Å². The van der Waals surface area contributed by atoms with E-state index in [1.54, 1.807) is 0 Å². The summed E-state index contributed by atoms with van der Waals surface area (Å²) in [5.74, 6) is 0.960. The SMILES string of the molecule is CCNC(=NCC(C)N1CCN(CC)CC1)N(C)Cc1ccc(Cl)cc1.I. The summed E-state index contributed by atoms with van der Waals surface area (Å²) in [4.78, 5) is 12.1. The van der Waals surface area contributed by atoms with E-state index in [-0.39, 0.29) is 24.0 Å². The molecule has 0 spiro atoms. The van der Waals surface area contributed by atoms with Crippen molar-refractivity contribution >= 4 is 41.5 Å². The summed E-state index contributed by atoms with van der Waals surface area (Å²) in [5.41, 5.74) is 1.23. The molecule has 0 aromatic heterocycles. The predicted molar refractivity (Wildman–Crippen MR) is 127 cm³/mol. The van der Waals surface area contributed by atoms with Crippen LogP contribution in [0, 0.1) is 0 Å². The van der Waals surface area contributed by atoms with Crippen molar-refractivity contribution in [3.63, 3.8) is 0 Å². The maximum atomic E-state index is 5.98. The van der Waals surface area contributed by atoms with Gasteiger partial charge >= 0.3 is 0 Å². The fourth-order valence-corrected chi connectivity index (χ4v) is 3.39. The summed E-state index contributed by atoms with van der Waals surface area (Å²) in [7, 11) is 2.08. The maximum Gasteiger partial charge on any atom is 0.194 e. The molecule has 1 heterocycles. The molecule has 1 aromatic carbocycles. The van der Waals surface area contributed by atoms with Crippen molar-refractivity contribution in [3.05, 3.63) is 34.9 Å². The number of halogens is 2. The van der Waals surface area contributed by atoms with Gasteiger partial charge < -0.3 is 15.1 Å². The number of benzene rings is 1. The van der Waals surface area contributed by atoms with Crippen LogP contribution in [0.4, 0.5) is 0 Å². The highest BCUT2D eigenvalue weighted by molar-refractivity contribution is 14.0. The molecule has 154 valence electrons. The van der Waals surface area contributed by atoms with Crippen LogP contribution in [0.1, 0.15) is 26.3 Å². The quantitative estimate of drug-likeness (QED) is 0.349. The molecule has 2 rings (SSSR count). The van der Waals surface area contributed by atoms with E-state index < -0.39 is 0 Å². The van der Waals surface area contributed by atoms with Crippen molar-refractivity contribution < 1.29 is 0 Å². The van der Waals surface area contributed by atoms with Gasteiger partial charge in [-0.25, -0.2) is 0 Å². The van der Waals surface area contributed by atoms with Gasteiger partial charge in [-0.15, -0.1) is 24.0 Å². The summed E-state index contributed by atoms with van der Waals surface area (Å²) in [5, 5.41) is 4.18. The molecule has 1 fully saturated rings. The van der Waals surface area contributed by atoms with E-state index >= 15 is 0 Å². The third-order valence-electron chi connectivity index (χ3n) is 5.01. The Balaban J connectivity index is 0.00000364. The molecule has 1 aliphatic rings. The van der Waals surface area contributed by atoms with Gasteiger partial charge in [0.05, 0.1) is 6.54 Å². The standard InChI is InChI=1S/C20H34ClN5.HI/c1-5-22-20(24(4)16-18-7-9-19(21)10-8-18)23-15-17(3)26-13-11-25(6-2)12-14-26;/h7-10,17H,5-6,11-16H2,1-4H3,(H,22,23);1H. The number of rotatable bonds is 7. The van der Waals surface area contributed by atoms with Crippen LogP contribution >= 0.6 is 35.6 Å². The van der Waals surface area contributed by atoms with Crippen LogP contribution in [0.5, 0.6) is 0 Å². The average molecular weight is 508 g/mol. The lowest BCUT2D eigenvalue weighted by molar-refractivity contribution is 0.109. The van der Waals surface area contributed by atoms with Crippen molar-refractivity contribution in [2.75, 3.05) is 52.9 Å². The summed E-state index contributed by atoms with van der Waals surface area (Å²) in [6.45, 7) is 14.9. The van der Waals surface area contributed by atoms with E-state index in [4.69, 9.17) is 16.6 Å². The summed E-state index contributed by atoms with van der Waals surface area (Å²) in [6, 6.07) is 8.47. The molecule has 5 nitrogen and oxygen atoms in total. The van der Waals surface area contributed by atoms with Gasteiger partial charge in [-0.05, 0) is 38.1 Å². The van der Waals surface area contributed by atoms with E-state index in [0.717, 1.165) is 50.3 Å². The first-order valence-corrected chi connectivity index (χ1v) is 10.1. The molecular formula is C20H35ClIN5. The fourth-order valence-electron chi connectivity index (χ4n) is 3.26. The van der Waals surface area contributed by atoms with E-state index in [9.17, 15) is 0 Å². The lowest BCUT2D eigenvalue weighted by atomic mass is 10.2. The Hall–Kier alpha value is -0.570. The molecule has 1 atom stereocenters. The largest absolute Gasteiger partial charge is 0.357 e. The summed E-state index contributed by atoms with van der Waals surface area (Å²) in [6.07, 6.45) is 0. The molecular weight excluding hydrogens is 473 g/mol. The maximum absolute atomic E-state index is 5.98. The molecule has 27 heavy (non-hydrogen) atoms. The topological polar surface area (TPSA) is 34.1 Å². The van der Waals surface area contributed by atoms with Crippen LogP contribution in [0.3, 0.4) is 0 Å². The second kappa shape index (κ2) is 12.8. The van der Waals surface area contributed by atoms with Crippen LogP contribution in [0.25, 0.3) is 0 Å². The molecule has 0 bridgehead atoms. The third kappa shape index (κ3) is 8.13. The molecule has 0 saturated carbocycles. The molecule has 1 unspecified atom stereocenters. The van der Waals surface area contributed by atoms with Crippen molar-refractivity contribution in [2.24, 2.45) is 4.99 Å². The van der Waals surface area contributed by atoms with Crippen LogP contribution in [-0.4, -0.2) is 79.6 Å². The first-order chi connectivity index (χ1) is 12.5. The minimum atomic E-state index is 0. The number of hydrogen-bond donors (Lipinski definition) is 1. The first-order valence-electron chi connectivity index (χ1n) is 9.73. The molecule has 0 amide bonds. The zero-order valence-corrected chi connectivity index (χ0v) is 20.2. The molecule has 1 aliphatic heterocycles. The normalized spacial score (nSPS) is 17.3. The summed E-state index contributed by atoms with van der Waals surface area (Å²) >= 11 is 5.98. The number of nitrogens with zero attached hydrogens (tertiary/aromatic N) is 4. The molecule has 0 aliphatic carbocycles. The van der Waals surface area contributed by atoms with Gasteiger partial charge in [-0.1, -0.05) is 30.7 Å². The van der Waals surface area contributed by atoms with E-state index in [1.807, 2.05) is 12.1 Å². The number of aliphatic imine (C=N–C) groups is 1. The highest BCUT2D eigenvalue weighted by Gasteiger charge is 2.20. The van der Waals surface area contributed by atoms with Crippen molar-refractivity contribution in [3.8, 4) is 0 Å². The number of piperazine rings is 1. The number of likely N-dealkylation sites (N-methyl/N-ethyl adjacent to an activating group) is 1. The zero-order chi connectivity index (χ0) is 18.9. The molecule has 1 aromatic rings. The zero-order valence-electron chi connectivity index (χ0n) is 17.1. The van der Waals surface area contributed by atoms with Crippen LogP contribution < -0.4 is 5.32 Å².